The van der Waals surface area contributed by atoms with Crippen molar-refractivity contribution >= 4 is 44.3 Å². The summed E-state index contributed by atoms with van der Waals surface area (Å²) in [5, 5.41) is 9.30. The summed E-state index contributed by atoms with van der Waals surface area (Å²) in [6, 6.07) is 0.210. The first-order chi connectivity index (χ1) is 6.73. The molecule has 0 aliphatic carbocycles. The lowest BCUT2D eigenvalue weighted by Gasteiger charge is -2.16. The van der Waals surface area contributed by atoms with Crippen LogP contribution in [0.4, 0.5) is 13.2 Å². The van der Waals surface area contributed by atoms with Crippen LogP contribution in [0.2, 0.25) is 0 Å². The predicted molar refractivity (Wildman–Crippen MR) is 63.7 cm³/mol. The lowest BCUT2D eigenvalue weighted by atomic mass is 10.1. The number of alkyl halides is 3. The Morgan fingerprint density at radius 1 is 1.19 bits per heavy atom. The fraction of sp³-hybridized carbons (Fsp3) is 0.250. The van der Waals surface area contributed by atoms with Gasteiger partial charge in [-0.3, -0.25) is 0 Å². The van der Waals surface area contributed by atoms with E-state index in [-0.39, 0.29) is 32.7 Å². The zero-order chi connectivity index (χ0) is 11.8. The van der Waals surface area contributed by atoms with E-state index in [1.807, 2.05) is 0 Å². The Labute approximate surface area is 113 Å². The second kappa shape index (κ2) is 5.57. The second-order valence-electron chi connectivity index (χ2n) is 2.85. The molecule has 8 heteroatoms. The summed E-state index contributed by atoms with van der Waals surface area (Å²) in [4.78, 5) is 0. The van der Waals surface area contributed by atoms with Gasteiger partial charge < -0.3 is 10.8 Å². The van der Waals surface area contributed by atoms with E-state index in [0.717, 1.165) is 12.1 Å². The van der Waals surface area contributed by atoms with Crippen LogP contribution in [0.1, 0.15) is 11.6 Å². The van der Waals surface area contributed by atoms with E-state index < -0.39 is 12.2 Å². The smallest absolute Gasteiger partial charge is 0.407 e. The van der Waals surface area contributed by atoms with Gasteiger partial charge in [-0.1, -0.05) is 0 Å². The van der Waals surface area contributed by atoms with Crippen molar-refractivity contribution in [2.75, 3.05) is 0 Å². The summed E-state index contributed by atoms with van der Waals surface area (Å²) >= 11 is 5.86. The van der Waals surface area contributed by atoms with Gasteiger partial charge in [-0.25, -0.2) is 0 Å². The summed E-state index contributed by atoms with van der Waals surface area (Å²) in [6.07, 6.45) is -4.50. The van der Waals surface area contributed by atoms with Gasteiger partial charge in [0.25, 0.3) is 0 Å². The van der Waals surface area contributed by atoms with Crippen LogP contribution in [0.5, 0.6) is 5.75 Å². The van der Waals surface area contributed by atoms with E-state index in [1.54, 1.807) is 0 Å². The van der Waals surface area contributed by atoms with Crippen molar-refractivity contribution in [1.29, 1.82) is 0 Å². The molecule has 16 heavy (non-hydrogen) atoms. The fourth-order valence-corrected chi connectivity index (χ4v) is 2.18. The van der Waals surface area contributed by atoms with Crippen molar-refractivity contribution in [2.24, 2.45) is 5.73 Å². The molecule has 0 radical (unpaired) electrons. The third kappa shape index (κ3) is 3.51. The highest BCUT2D eigenvalue weighted by molar-refractivity contribution is 9.11. The molecule has 92 valence electrons. The molecule has 2 nitrogen and oxygen atoms in total. The maximum absolute atomic E-state index is 12.3. The quantitative estimate of drug-likeness (QED) is 0.770. The Morgan fingerprint density at radius 3 is 1.88 bits per heavy atom. The van der Waals surface area contributed by atoms with E-state index in [2.05, 4.69) is 31.9 Å². The highest BCUT2D eigenvalue weighted by Crippen LogP contribution is 2.38. The Bertz CT molecular complexity index is 363. The Hall–Kier alpha value is 0.0200. The molecule has 1 aromatic carbocycles. The minimum absolute atomic E-state index is 0. The number of hydrogen-bond acceptors (Lipinski definition) is 2. The van der Waals surface area contributed by atoms with Crippen molar-refractivity contribution in [3.05, 3.63) is 26.6 Å². The standard InChI is InChI=1S/C8H6Br2F3NO.ClH/c9-4-1-3(2-5(10)6(4)15)7(14)8(11,12)13;/h1-2,7,15H,14H2;1H/t7-;/m0./s1. The molecule has 0 fully saturated rings. The molecule has 0 aromatic heterocycles. The summed E-state index contributed by atoms with van der Waals surface area (Å²) in [7, 11) is 0. The van der Waals surface area contributed by atoms with Gasteiger partial charge in [0.15, 0.2) is 0 Å². The average molecular weight is 385 g/mol. The molecule has 1 aromatic rings. The molecule has 0 saturated heterocycles. The molecule has 0 spiro atoms. The summed E-state index contributed by atoms with van der Waals surface area (Å²) in [5.74, 6) is -0.159. The number of aromatic hydroxyl groups is 1. The first-order valence-corrected chi connectivity index (χ1v) is 5.32. The summed E-state index contributed by atoms with van der Waals surface area (Å²) in [6.45, 7) is 0. The lowest BCUT2D eigenvalue weighted by Crippen LogP contribution is -2.28. The van der Waals surface area contributed by atoms with Crippen molar-refractivity contribution in [3.8, 4) is 5.75 Å². The molecule has 0 aliphatic heterocycles. The number of rotatable bonds is 1. The van der Waals surface area contributed by atoms with Crippen LogP contribution >= 0.6 is 44.3 Å². The second-order valence-corrected chi connectivity index (χ2v) is 4.56. The fourth-order valence-electron chi connectivity index (χ4n) is 0.954. The van der Waals surface area contributed by atoms with Gasteiger partial charge in [0.1, 0.15) is 11.8 Å². The minimum atomic E-state index is -4.50. The van der Waals surface area contributed by atoms with Crippen LogP contribution in [0.15, 0.2) is 21.1 Å². The lowest BCUT2D eigenvalue weighted by molar-refractivity contribution is -0.149. The molecule has 0 aliphatic rings. The topological polar surface area (TPSA) is 46.2 Å². The third-order valence-electron chi connectivity index (χ3n) is 1.75. The highest BCUT2D eigenvalue weighted by atomic mass is 79.9. The number of phenolic OH excluding ortho intramolecular Hbond substituents is 1. The van der Waals surface area contributed by atoms with Crippen molar-refractivity contribution in [3.63, 3.8) is 0 Å². The van der Waals surface area contributed by atoms with Crippen molar-refractivity contribution in [2.45, 2.75) is 12.2 Å². The maximum Gasteiger partial charge on any atom is 0.407 e. The van der Waals surface area contributed by atoms with E-state index >= 15 is 0 Å². The number of nitrogens with two attached hydrogens (primary N) is 1. The van der Waals surface area contributed by atoms with E-state index in [4.69, 9.17) is 5.73 Å². The zero-order valence-corrected chi connectivity index (χ0v) is 11.5. The van der Waals surface area contributed by atoms with E-state index in [0.29, 0.717) is 0 Å². The molecule has 0 heterocycles. The number of benzene rings is 1. The first-order valence-electron chi connectivity index (χ1n) is 3.73. The average Bonchev–Trinajstić information content (AvgIpc) is 2.10. The molecule has 0 unspecified atom stereocenters. The Balaban J connectivity index is 0.00000225. The van der Waals surface area contributed by atoms with Gasteiger partial charge in [-0.2, -0.15) is 13.2 Å². The number of halogens is 6. The van der Waals surface area contributed by atoms with Crippen molar-refractivity contribution in [1.82, 2.24) is 0 Å². The van der Waals surface area contributed by atoms with Gasteiger partial charge in [-0.15, -0.1) is 12.4 Å². The molecule has 3 N–H and O–H groups in total. The van der Waals surface area contributed by atoms with Crippen molar-refractivity contribution < 1.29 is 18.3 Å². The van der Waals surface area contributed by atoms with E-state index in [1.165, 1.54) is 0 Å². The highest BCUT2D eigenvalue weighted by Gasteiger charge is 2.38. The Morgan fingerprint density at radius 2 is 1.56 bits per heavy atom. The van der Waals surface area contributed by atoms with E-state index in [9.17, 15) is 18.3 Å². The first kappa shape index (κ1) is 16.0. The molecule has 0 saturated carbocycles. The normalized spacial score (nSPS) is 13.1. The number of hydrogen-bond donors (Lipinski definition) is 2. The van der Waals surface area contributed by atoms with Crippen LogP contribution in [-0.2, 0) is 0 Å². The van der Waals surface area contributed by atoms with Crippen LogP contribution in [0.3, 0.4) is 0 Å². The SMILES string of the molecule is Cl.N[C@@H](c1cc(Br)c(O)c(Br)c1)C(F)(F)F. The van der Waals surface area contributed by atoms with Crippen LogP contribution < -0.4 is 5.73 Å². The molecular weight excluding hydrogens is 378 g/mol. The molecular formula is C8H7Br2ClF3NO. The largest absolute Gasteiger partial charge is 0.506 e. The van der Waals surface area contributed by atoms with Crippen LogP contribution in [0.25, 0.3) is 0 Å². The van der Waals surface area contributed by atoms with Gasteiger partial charge in [-0.05, 0) is 49.6 Å². The van der Waals surface area contributed by atoms with Gasteiger partial charge >= 0.3 is 6.18 Å². The van der Waals surface area contributed by atoms with Gasteiger partial charge in [0, 0.05) is 0 Å². The van der Waals surface area contributed by atoms with Gasteiger partial charge in [0.05, 0.1) is 8.95 Å². The molecule has 1 rings (SSSR count). The molecule has 1 atom stereocenters. The third-order valence-corrected chi connectivity index (χ3v) is 2.96. The summed E-state index contributed by atoms with van der Waals surface area (Å²) < 4.78 is 37.2. The van der Waals surface area contributed by atoms with Crippen LogP contribution in [-0.4, -0.2) is 11.3 Å². The monoisotopic (exact) mass is 383 g/mol. The summed E-state index contributed by atoms with van der Waals surface area (Å²) in [5.41, 5.74) is 4.89. The Kier molecular flexibility index (Phi) is 5.58. The van der Waals surface area contributed by atoms with Gasteiger partial charge in [0.2, 0.25) is 0 Å². The zero-order valence-electron chi connectivity index (χ0n) is 7.55. The minimum Gasteiger partial charge on any atom is -0.506 e. The number of phenols is 1. The predicted octanol–water partition coefficient (Wildman–Crippen LogP) is 3.90. The molecule has 0 bridgehead atoms. The maximum atomic E-state index is 12.3. The van der Waals surface area contributed by atoms with Crippen LogP contribution in [0, 0.1) is 0 Å². The molecule has 0 amide bonds.